The van der Waals surface area contributed by atoms with Gasteiger partial charge in [0, 0.05) is 24.5 Å². The minimum Gasteiger partial charge on any atom is -0.472 e. The van der Waals surface area contributed by atoms with E-state index in [0.717, 1.165) is 5.56 Å². The van der Waals surface area contributed by atoms with Crippen LogP contribution in [0.5, 0.6) is 0 Å². The van der Waals surface area contributed by atoms with Crippen LogP contribution < -0.4 is 10.6 Å². The van der Waals surface area contributed by atoms with Gasteiger partial charge < -0.3 is 19.8 Å². The third-order valence-electron chi connectivity index (χ3n) is 3.61. The molecule has 0 spiro atoms. The maximum absolute atomic E-state index is 5.80. The van der Waals surface area contributed by atoms with E-state index in [1.807, 2.05) is 6.07 Å². The molecule has 4 rings (SSSR count). The lowest BCUT2D eigenvalue weighted by atomic mass is 10.1. The summed E-state index contributed by atoms with van der Waals surface area (Å²) in [5, 5.41) is 0. The van der Waals surface area contributed by atoms with E-state index in [2.05, 4.69) is 24.8 Å². The van der Waals surface area contributed by atoms with E-state index in [0.29, 0.717) is 36.7 Å². The van der Waals surface area contributed by atoms with E-state index in [9.17, 15) is 0 Å². The fourth-order valence-corrected chi connectivity index (χ4v) is 2.59. The minimum atomic E-state index is -0.0737. The molecule has 0 aromatic carbocycles. The molecule has 8 heteroatoms. The van der Waals surface area contributed by atoms with Crippen molar-refractivity contribution in [2.75, 3.05) is 30.3 Å². The van der Waals surface area contributed by atoms with Crippen molar-refractivity contribution in [3.05, 3.63) is 36.5 Å². The van der Waals surface area contributed by atoms with Crippen molar-refractivity contribution in [2.24, 2.45) is 0 Å². The normalized spacial score (nSPS) is 18.7. The monoisotopic (exact) mass is 298 g/mol. The highest BCUT2D eigenvalue weighted by Gasteiger charge is 2.26. The number of hydrogen-bond acceptors (Lipinski definition) is 8. The summed E-state index contributed by atoms with van der Waals surface area (Å²) in [6.07, 6.45) is 6.48. The van der Waals surface area contributed by atoms with Crippen molar-refractivity contribution in [3.8, 4) is 0 Å². The van der Waals surface area contributed by atoms with Crippen molar-refractivity contribution in [1.82, 2.24) is 19.9 Å². The molecule has 22 heavy (non-hydrogen) atoms. The van der Waals surface area contributed by atoms with Gasteiger partial charge in [-0.3, -0.25) is 0 Å². The first kappa shape index (κ1) is 13.0. The zero-order chi connectivity index (χ0) is 14.9. The third kappa shape index (κ3) is 2.23. The Balaban J connectivity index is 1.72. The van der Waals surface area contributed by atoms with Crippen LogP contribution in [0.3, 0.4) is 0 Å². The van der Waals surface area contributed by atoms with Crippen LogP contribution in [-0.2, 0) is 4.74 Å². The predicted molar refractivity (Wildman–Crippen MR) is 79.2 cm³/mol. The lowest BCUT2D eigenvalue weighted by Crippen LogP contribution is -2.39. The minimum absolute atomic E-state index is 0.0737. The van der Waals surface area contributed by atoms with Crippen LogP contribution in [0.2, 0.25) is 0 Å². The summed E-state index contributed by atoms with van der Waals surface area (Å²) in [6, 6.07) is 1.90. The van der Waals surface area contributed by atoms with Crippen LogP contribution in [0.4, 0.5) is 11.8 Å². The van der Waals surface area contributed by atoms with Gasteiger partial charge in [0.1, 0.15) is 6.10 Å². The van der Waals surface area contributed by atoms with Crippen molar-refractivity contribution < 1.29 is 9.15 Å². The van der Waals surface area contributed by atoms with Gasteiger partial charge in [-0.2, -0.15) is 9.97 Å². The summed E-state index contributed by atoms with van der Waals surface area (Å²) in [7, 11) is 0. The van der Waals surface area contributed by atoms with E-state index < -0.39 is 0 Å². The standard InChI is InChI=1S/C14H14N6O2/c15-14-18-12-11(16-2-3-17-12)13(19-14)20-4-6-22-10(7-20)9-1-5-21-8-9/h1-3,5,8,10H,4,6-7H2,(H2,15,17,18,19). The molecule has 0 radical (unpaired) electrons. The van der Waals surface area contributed by atoms with Gasteiger partial charge in [0.2, 0.25) is 5.95 Å². The number of morpholine rings is 1. The Hall–Kier alpha value is -2.74. The lowest BCUT2D eigenvalue weighted by molar-refractivity contribution is 0.0392. The first-order valence-corrected chi connectivity index (χ1v) is 6.94. The first-order valence-electron chi connectivity index (χ1n) is 6.94. The van der Waals surface area contributed by atoms with Crippen LogP contribution in [0.25, 0.3) is 11.2 Å². The van der Waals surface area contributed by atoms with Gasteiger partial charge in [0.15, 0.2) is 17.0 Å². The maximum atomic E-state index is 5.80. The van der Waals surface area contributed by atoms with Crippen LogP contribution >= 0.6 is 0 Å². The van der Waals surface area contributed by atoms with Crippen LogP contribution in [0.15, 0.2) is 35.4 Å². The Labute approximate surface area is 126 Å². The molecule has 4 heterocycles. The molecule has 1 unspecified atom stereocenters. The molecule has 0 saturated carbocycles. The molecule has 1 saturated heterocycles. The number of rotatable bonds is 2. The lowest BCUT2D eigenvalue weighted by Gasteiger charge is -2.33. The van der Waals surface area contributed by atoms with Crippen molar-refractivity contribution in [3.63, 3.8) is 0 Å². The van der Waals surface area contributed by atoms with E-state index in [-0.39, 0.29) is 12.1 Å². The van der Waals surface area contributed by atoms with Crippen molar-refractivity contribution >= 4 is 22.9 Å². The molecule has 112 valence electrons. The number of ether oxygens (including phenoxy) is 1. The topological polar surface area (TPSA) is 103 Å². The smallest absolute Gasteiger partial charge is 0.224 e. The number of nitrogen functional groups attached to an aromatic ring is 1. The molecule has 0 aliphatic carbocycles. The van der Waals surface area contributed by atoms with E-state index in [1.54, 1.807) is 24.9 Å². The summed E-state index contributed by atoms with van der Waals surface area (Å²) >= 11 is 0. The van der Waals surface area contributed by atoms with Crippen LogP contribution in [0, 0.1) is 0 Å². The zero-order valence-corrected chi connectivity index (χ0v) is 11.7. The van der Waals surface area contributed by atoms with Gasteiger partial charge in [0.25, 0.3) is 0 Å². The third-order valence-corrected chi connectivity index (χ3v) is 3.61. The first-order chi connectivity index (χ1) is 10.8. The number of aromatic nitrogens is 4. The second-order valence-corrected chi connectivity index (χ2v) is 5.00. The quantitative estimate of drug-likeness (QED) is 0.752. The van der Waals surface area contributed by atoms with Gasteiger partial charge in [-0.25, -0.2) is 9.97 Å². The fourth-order valence-electron chi connectivity index (χ4n) is 2.59. The molecule has 1 fully saturated rings. The summed E-state index contributed by atoms with van der Waals surface area (Å²) in [4.78, 5) is 19.1. The Morgan fingerprint density at radius 3 is 3.00 bits per heavy atom. The molecule has 1 aliphatic rings. The molecule has 3 aromatic heterocycles. The van der Waals surface area contributed by atoms with Crippen LogP contribution in [-0.4, -0.2) is 39.6 Å². The molecular formula is C14H14N6O2. The Bertz CT molecular complexity index is 791. The van der Waals surface area contributed by atoms with Gasteiger partial charge in [0.05, 0.1) is 25.7 Å². The Kier molecular flexibility index (Phi) is 3.08. The average Bonchev–Trinajstić information content (AvgIpc) is 3.09. The van der Waals surface area contributed by atoms with E-state index in [1.165, 1.54) is 0 Å². The van der Waals surface area contributed by atoms with E-state index >= 15 is 0 Å². The Morgan fingerprint density at radius 1 is 1.23 bits per heavy atom. The number of hydrogen-bond donors (Lipinski definition) is 1. The molecule has 3 aromatic rings. The largest absolute Gasteiger partial charge is 0.472 e. The molecular weight excluding hydrogens is 284 g/mol. The van der Waals surface area contributed by atoms with Gasteiger partial charge in [-0.15, -0.1) is 0 Å². The van der Waals surface area contributed by atoms with Crippen LogP contribution in [0.1, 0.15) is 11.7 Å². The highest BCUT2D eigenvalue weighted by atomic mass is 16.5. The molecule has 8 nitrogen and oxygen atoms in total. The molecule has 1 atom stereocenters. The average molecular weight is 298 g/mol. The highest BCUT2D eigenvalue weighted by Crippen LogP contribution is 2.28. The number of nitrogens with zero attached hydrogens (tertiary/aromatic N) is 5. The number of fused-ring (bicyclic) bond motifs is 1. The van der Waals surface area contributed by atoms with Gasteiger partial charge in [-0.1, -0.05) is 0 Å². The maximum Gasteiger partial charge on any atom is 0.224 e. The summed E-state index contributed by atoms with van der Waals surface area (Å²) in [5.74, 6) is 0.877. The SMILES string of the molecule is Nc1nc(N2CCOC(c3ccoc3)C2)c2nccnc2n1. The second kappa shape index (κ2) is 5.23. The Morgan fingerprint density at radius 2 is 2.14 bits per heavy atom. The molecule has 2 N–H and O–H groups in total. The van der Waals surface area contributed by atoms with Gasteiger partial charge >= 0.3 is 0 Å². The highest BCUT2D eigenvalue weighted by molar-refractivity contribution is 5.83. The molecule has 0 amide bonds. The molecule has 1 aliphatic heterocycles. The number of furan rings is 1. The summed E-state index contributed by atoms with van der Waals surface area (Å²) < 4.78 is 10.9. The zero-order valence-electron chi connectivity index (χ0n) is 11.7. The van der Waals surface area contributed by atoms with Crippen molar-refractivity contribution in [2.45, 2.75) is 6.10 Å². The molecule has 0 bridgehead atoms. The fraction of sp³-hybridized carbons (Fsp3) is 0.286. The van der Waals surface area contributed by atoms with E-state index in [4.69, 9.17) is 14.9 Å². The summed E-state index contributed by atoms with van der Waals surface area (Å²) in [6.45, 7) is 1.93. The number of nitrogens with two attached hydrogens (primary N) is 1. The second-order valence-electron chi connectivity index (χ2n) is 5.00. The van der Waals surface area contributed by atoms with Gasteiger partial charge in [-0.05, 0) is 6.07 Å². The van der Waals surface area contributed by atoms with Crippen molar-refractivity contribution in [1.29, 1.82) is 0 Å². The predicted octanol–water partition coefficient (Wildman–Crippen LogP) is 1.17. The summed E-state index contributed by atoms with van der Waals surface area (Å²) in [5.41, 5.74) is 7.94. The number of anilines is 2.